The fourth-order valence-electron chi connectivity index (χ4n) is 4.62. The molecule has 1 aliphatic rings. The molecule has 0 aliphatic carbocycles. The van der Waals surface area contributed by atoms with Crippen LogP contribution in [-0.4, -0.2) is 75.2 Å². The highest BCUT2D eigenvalue weighted by Gasteiger charge is 2.57. The highest BCUT2D eigenvalue weighted by Crippen LogP contribution is 2.36. The predicted octanol–water partition coefficient (Wildman–Crippen LogP) is 0.289. The molecule has 0 bridgehead atoms. The van der Waals surface area contributed by atoms with Crippen LogP contribution in [0.3, 0.4) is 0 Å². The first-order valence-corrected chi connectivity index (χ1v) is 12.6. The third-order valence-electron chi connectivity index (χ3n) is 6.59. The number of hydrogen-bond acceptors (Lipinski definition) is 11. The lowest BCUT2D eigenvalue weighted by Gasteiger charge is -2.46. The number of rotatable bonds is 9. The molecule has 0 radical (unpaired) electrons. The molecule has 6 atom stereocenters. The molecule has 0 spiro atoms. The van der Waals surface area contributed by atoms with E-state index in [0.717, 1.165) is 0 Å². The van der Waals surface area contributed by atoms with Crippen molar-refractivity contribution in [1.29, 1.82) is 0 Å². The quantitative estimate of drug-likeness (QED) is 0.180. The molecule has 3 aromatic rings. The van der Waals surface area contributed by atoms with Crippen molar-refractivity contribution in [2.24, 2.45) is 0 Å². The first kappa shape index (κ1) is 29.2. The van der Waals surface area contributed by atoms with Crippen LogP contribution in [0.25, 0.3) is 11.0 Å². The highest BCUT2D eigenvalue weighted by molar-refractivity contribution is 5.82. The van der Waals surface area contributed by atoms with Crippen molar-refractivity contribution in [3.63, 3.8) is 0 Å². The molecule has 12 heteroatoms. The van der Waals surface area contributed by atoms with Crippen LogP contribution >= 0.6 is 0 Å². The molecule has 2 aromatic carbocycles. The second-order valence-corrected chi connectivity index (χ2v) is 9.64. The number of carbonyl (C=O) groups excluding carboxylic acids is 2. The summed E-state index contributed by atoms with van der Waals surface area (Å²) in [6.07, 6.45) is -7.32. The van der Waals surface area contributed by atoms with Crippen molar-refractivity contribution in [3.8, 4) is 5.75 Å². The van der Waals surface area contributed by atoms with Gasteiger partial charge in [-0.15, -0.1) is 0 Å². The minimum atomic E-state index is -2.39. The van der Waals surface area contributed by atoms with Crippen LogP contribution in [0.15, 0.2) is 63.8 Å². The molecule has 4 rings (SSSR count). The third-order valence-corrected chi connectivity index (χ3v) is 6.59. The Bertz CT molecular complexity index is 1410. The molecule has 1 amide bonds. The summed E-state index contributed by atoms with van der Waals surface area (Å²) in [6.45, 7) is 1.84. The van der Waals surface area contributed by atoms with Gasteiger partial charge in [0.1, 0.15) is 36.3 Å². The summed E-state index contributed by atoms with van der Waals surface area (Å²) >= 11 is 0. The van der Waals surface area contributed by atoms with Gasteiger partial charge in [-0.3, -0.25) is 4.79 Å². The number of carbonyl (C=O) groups is 2. The Balaban J connectivity index is 1.75. The van der Waals surface area contributed by atoms with Crippen LogP contribution in [0.5, 0.6) is 5.75 Å². The van der Waals surface area contributed by atoms with Gasteiger partial charge in [-0.05, 0) is 30.2 Å². The summed E-state index contributed by atoms with van der Waals surface area (Å²) in [4.78, 5) is 37.4. The normalized spacial score (nSPS) is 24.2. The number of aliphatic hydroxyl groups excluding tert-OH is 4. The van der Waals surface area contributed by atoms with Gasteiger partial charge in [-0.1, -0.05) is 30.3 Å². The van der Waals surface area contributed by atoms with E-state index in [1.165, 1.54) is 25.1 Å². The van der Waals surface area contributed by atoms with Gasteiger partial charge >= 0.3 is 17.4 Å². The molecule has 1 saturated heterocycles. The van der Waals surface area contributed by atoms with Crippen LogP contribution in [0.4, 0.5) is 0 Å². The maximum absolute atomic E-state index is 13.6. The topological polar surface area (TPSA) is 185 Å². The Morgan fingerprint density at radius 1 is 1.15 bits per heavy atom. The molecule has 5 N–H and O–H groups in total. The van der Waals surface area contributed by atoms with Crippen molar-refractivity contribution in [1.82, 2.24) is 5.32 Å². The van der Waals surface area contributed by atoms with E-state index in [1.54, 1.807) is 43.3 Å². The maximum atomic E-state index is 13.6. The van der Waals surface area contributed by atoms with Gasteiger partial charge in [-0.25, -0.2) is 9.59 Å². The molecule has 2 heterocycles. The maximum Gasteiger partial charge on any atom is 0.380 e. The number of benzene rings is 2. The monoisotopic (exact) mass is 557 g/mol. The van der Waals surface area contributed by atoms with E-state index in [0.29, 0.717) is 16.5 Å². The zero-order valence-electron chi connectivity index (χ0n) is 21.9. The number of ether oxygens (including phenoxy) is 3. The second-order valence-electron chi connectivity index (χ2n) is 9.64. The summed E-state index contributed by atoms with van der Waals surface area (Å²) in [5.74, 6) is -4.04. The largest absolute Gasteiger partial charge is 0.456 e. The van der Waals surface area contributed by atoms with E-state index in [2.05, 4.69) is 5.32 Å². The molecular weight excluding hydrogens is 526 g/mol. The van der Waals surface area contributed by atoms with Crippen LogP contribution in [-0.2, 0) is 25.7 Å². The van der Waals surface area contributed by atoms with E-state index in [-0.39, 0.29) is 17.9 Å². The fourth-order valence-corrected chi connectivity index (χ4v) is 4.62. The number of fused-ring (bicyclic) bond motifs is 1. The van der Waals surface area contributed by atoms with Gasteiger partial charge in [0.05, 0.1) is 25.2 Å². The lowest BCUT2D eigenvalue weighted by molar-refractivity contribution is -0.287. The highest BCUT2D eigenvalue weighted by atomic mass is 16.7. The lowest BCUT2D eigenvalue weighted by atomic mass is 9.88. The van der Waals surface area contributed by atoms with E-state index in [1.807, 2.05) is 0 Å². The van der Waals surface area contributed by atoms with E-state index < -0.39 is 66.8 Å². The Morgan fingerprint density at radius 2 is 1.88 bits per heavy atom. The zero-order chi connectivity index (χ0) is 29.0. The number of hydrogen-bond donors (Lipinski definition) is 5. The fraction of sp³-hybridized carbons (Fsp3) is 0.393. The zero-order valence-corrected chi connectivity index (χ0v) is 21.9. The minimum absolute atomic E-state index is 0.000894. The number of aliphatic hydroxyl groups is 4. The Morgan fingerprint density at radius 3 is 2.55 bits per heavy atom. The van der Waals surface area contributed by atoms with Crippen molar-refractivity contribution < 1.29 is 48.6 Å². The van der Waals surface area contributed by atoms with Gasteiger partial charge in [0, 0.05) is 24.4 Å². The van der Waals surface area contributed by atoms with E-state index in [4.69, 9.17) is 18.6 Å². The molecule has 1 aromatic heterocycles. The van der Waals surface area contributed by atoms with Crippen LogP contribution in [0.2, 0.25) is 0 Å². The third kappa shape index (κ3) is 6.32. The first-order chi connectivity index (χ1) is 19.0. The molecule has 214 valence electrons. The molecule has 12 nitrogen and oxygen atoms in total. The van der Waals surface area contributed by atoms with Crippen molar-refractivity contribution in [2.45, 2.75) is 63.1 Å². The molecule has 0 unspecified atom stereocenters. The first-order valence-electron chi connectivity index (χ1n) is 12.6. The Labute approximate surface area is 228 Å². The van der Waals surface area contributed by atoms with Crippen molar-refractivity contribution >= 4 is 22.8 Å². The van der Waals surface area contributed by atoms with Crippen molar-refractivity contribution in [3.05, 3.63) is 76.1 Å². The Kier molecular flexibility index (Phi) is 8.86. The standard InChI is InChI=1S/C28H31NO11/c1-15-10-23(34)38-22-11-18(8-9-19(15)22)39-28(27(36)37-14-17-6-4-3-5-7-17)12-20(32)24(29-16(2)31)26(40-28)25(35)21(33)13-30/h3-11,20-21,24-26,30,32-33,35H,12-14H2,1-2H3,(H,29,31)/t20-,21+,24+,25+,26+,28+/m0/s1. The second kappa shape index (κ2) is 12.1. The van der Waals surface area contributed by atoms with Gasteiger partial charge in [0.25, 0.3) is 0 Å². The summed E-state index contributed by atoms with van der Waals surface area (Å²) in [5.41, 5.74) is 0.866. The van der Waals surface area contributed by atoms with E-state index in [9.17, 15) is 34.8 Å². The van der Waals surface area contributed by atoms with E-state index >= 15 is 0 Å². The van der Waals surface area contributed by atoms with Gasteiger partial charge in [0.15, 0.2) is 0 Å². The minimum Gasteiger partial charge on any atom is -0.456 e. The van der Waals surface area contributed by atoms with Gasteiger partial charge in [-0.2, -0.15) is 0 Å². The van der Waals surface area contributed by atoms with Crippen LogP contribution in [0.1, 0.15) is 24.5 Å². The van der Waals surface area contributed by atoms with Crippen LogP contribution < -0.4 is 15.7 Å². The molecular formula is C28H31NO11. The molecule has 40 heavy (non-hydrogen) atoms. The van der Waals surface area contributed by atoms with Crippen LogP contribution in [0, 0.1) is 6.92 Å². The van der Waals surface area contributed by atoms with Crippen molar-refractivity contribution in [2.75, 3.05) is 6.61 Å². The lowest BCUT2D eigenvalue weighted by Crippen LogP contribution is -2.69. The molecule has 0 saturated carbocycles. The predicted molar refractivity (Wildman–Crippen MR) is 139 cm³/mol. The summed E-state index contributed by atoms with van der Waals surface area (Å²) < 4.78 is 22.7. The molecule has 1 fully saturated rings. The average Bonchev–Trinajstić information content (AvgIpc) is 2.92. The number of esters is 1. The number of aryl methyl sites for hydroxylation is 1. The summed E-state index contributed by atoms with van der Waals surface area (Å²) in [7, 11) is 0. The summed E-state index contributed by atoms with van der Waals surface area (Å²) in [5, 5.41) is 44.5. The number of nitrogens with one attached hydrogen (secondary N) is 1. The smallest absolute Gasteiger partial charge is 0.380 e. The number of amides is 1. The van der Waals surface area contributed by atoms with Gasteiger partial charge in [0.2, 0.25) is 5.91 Å². The SMILES string of the molecule is CC(=O)N[C@H]1[C@H]([C@H](O)[C@H](O)CO)O[C@@](Oc2ccc3c(C)cc(=O)oc3c2)(C(=O)OCc2ccccc2)C[C@@H]1O. The summed E-state index contributed by atoms with van der Waals surface area (Å²) in [6, 6.07) is 13.2. The van der Waals surface area contributed by atoms with Gasteiger partial charge < -0.3 is 44.4 Å². The molecule has 1 aliphatic heterocycles. The Hall–Kier alpha value is -3.81. The average molecular weight is 558 g/mol.